The van der Waals surface area contributed by atoms with Gasteiger partial charge in [-0.3, -0.25) is 14.4 Å². The highest BCUT2D eigenvalue weighted by molar-refractivity contribution is 5.99. The summed E-state index contributed by atoms with van der Waals surface area (Å²) in [5, 5.41) is 5.44. The van der Waals surface area contributed by atoms with Gasteiger partial charge in [-0.05, 0) is 56.2 Å². The number of hydrogen-bond donors (Lipinski definition) is 2. The Morgan fingerprint density at radius 1 is 1.21 bits per heavy atom. The highest BCUT2D eigenvalue weighted by Gasteiger charge is 2.36. The lowest BCUT2D eigenvalue weighted by Gasteiger charge is -2.27. The molecule has 28 heavy (non-hydrogen) atoms. The summed E-state index contributed by atoms with van der Waals surface area (Å²) in [6.45, 7) is 2.07. The number of anilines is 1. The van der Waals surface area contributed by atoms with E-state index in [1.54, 1.807) is 44.4 Å². The number of methoxy groups -OCH3 is 1. The smallest absolute Gasteiger partial charge is 0.287 e. The van der Waals surface area contributed by atoms with Gasteiger partial charge in [-0.15, -0.1) is 0 Å². The third kappa shape index (κ3) is 4.33. The quantitative estimate of drug-likeness (QED) is 0.792. The van der Waals surface area contributed by atoms with Crippen molar-refractivity contribution in [2.75, 3.05) is 19.0 Å². The Kier molecular flexibility index (Phi) is 5.98. The number of ether oxygens (including phenoxy) is 1. The standard InChI is InChI=1S/C20H23N3O5/c1-13(21-19(25)17-6-4-12-28-17)20(26)23-11-3-5-16(23)18(24)22-14-7-9-15(27-2)10-8-14/h4,6-10,12-13,16H,3,5,11H2,1-2H3,(H,21,25)(H,22,24). The first kappa shape index (κ1) is 19.5. The largest absolute Gasteiger partial charge is 0.497 e. The zero-order valence-electron chi connectivity index (χ0n) is 15.8. The molecular weight excluding hydrogens is 362 g/mol. The highest BCUT2D eigenvalue weighted by atomic mass is 16.5. The molecule has 1 fully saturated rings. The third-order valence-electron chi connectivity index (χ3n) is 4.66. The molecule has 3 amide bonds. The Labute approximate surface area is 162 Å². The Bertz CT molecular complexity index is 832. The van der Waals surface area contributed by atoms with Crippen molar-refractivity contribution >= 4 is 23.4 Å². The summed E-state index contributed by atoms with van der Waals surface area (Å²) in [7, 11) is 1.57. The molecule has 0 radical (unpaired) electrons. The van der Waals surface area contributed by atoms with E-state index < -0.39 is 18.0 Å². The number of amides is 3. The van der Waals surface area contributed by atoms with Crippen LogP contribution in [0.5, 0.6) is 5.75 Å². The molecule has 148 valence electrons. The van der Waals surface area contributed by atoms with E-state index in [0.717, 1.165) is 6.42 Å². The minimum absolute atomic E-state index is 0.134. The number of carbonyl (C=O) groups excluding carboxylic acids is 3. The second kappa shape index (κ2) is 8.60. The van der Waals surface area contributed by atoms with Gasteiger partial charge < -0.3 is 24.7 Å². The molecular formula is C20H23N3O5. The lowest BCUT2D eigenvalue weighted by molar-refractivity contribution is -0.137. The topological polar surface area (TPSA) is 101 Å². The Balaban J connectivity index is 1.61. The average molecular weight is 385 g/mol. The molecule has 1 aliphatic heterocycles. The summed E-state index contributed by atoms with van der Waals surface area (Å²) in [6, 6.07) is 8.76. The van der Waals surface area contributed by atoms with E-state index in [1.807, 2.05) is 0 Å². The molecule has 2 aromatic rings. The number of likely N-dealkylation sites (tertiary alicyclic amines) is 1. The van der Waals surface area contributed by atoms with Gasteiger partial charge in [-0.1, -0.05) is 0 Å². The van der Waals surface area contributed by atoms with Crippen LogP contribution in [0.2, 0.25) is 0 Å². The zero-order valence-corrected chi connectivity index (χ0v) is 15.8. The van der Waals surface area contributed by atoms with Gasteiger partial charge in [-0.25, -0.2) is 0 Å². The molecule has 0 aliphatic carbocycles. The maximum absolute atomic E-state index is 12.8. The number of furan rings is 1. The van der Waals surface area contributed by atoms with Gasteiger partial charge in [0.1, 0.15) is 17.8 Å². The molecule has 1 aliphatic rings. The van der Waals surface area contributed by atoms with E-state index in [-0.39, 0.29) is 17.6 Å². The normalized spacial score (nSPS) is 17.1. The van der Waals surface area contributed by atoms with Crippen LogP contribution in [-0.4, -0.2) is 48.4 Å². The van der Waals surface area contributed by atoms with Crippen molar-refractivity contribution in [1.29, 1.82) is 0 Å². The SMILES string of the molecule is COc1ccc(NC(=O)C2CCCN2C(=O)C(C)NC(=O)c2ccco2)cc1. The fraction of sp³-hybridized carbons (Fsp3) is 0.350. The van der Waals surface area contributed by atoms with E-state index in [0.29, 0.717) is 24.4 Å². The second-order valence-electron chi connectivity index (χ2n) is 6.58. The fourth-order valence-corrected chi connectivity index (χ4v) is 3.19. The van der Waals surface area contributed by atoms with Crippen LogP contribution in [0.15, 0.2) is 47.1 Å². The third-order valence-corrected chi connectivity index (χ3v) is 4.66. The van der Waals surface area contributed by atoms with Crippen molar-refractivity contribution in [3.8, 4) is 5.75 Å². The summed E-state index contributed by atoms with van der Waals surface area (Å²) < 4.78 is 10.1. The van der Waals surface area contributed by atoms with Crippen LogP contribution < -0.4 is 15.4 Å². The Morgan fingerprint density at radius 3 is 2.61 bits per heavy atom. The van der Waals surface area contributed by atoms with Crippen molar-refractivity contribution < 1.29 is 23.5 Å². The first-order chi connectivity index (χ1) is 13.5. The van der Waals surface area contributed by atoms with Crippen molar-refractivity contribution in [1.82, 2.24) is 10.2 Å². The van der Waals surface area contributed by atoms with Gasteiger partial charge in [0.15, 0.2) is 5.76 Å². The molecule has 1 aromatic heterocycles. The minimum Gasteiger partial charge on any atom is -0.497 e. The van der Waals surface area contributed by atoms with Crippen LogP contribution >= 0.6 is 0 Å². The molecule has 3 rings (SSSR count). The van der Waals surface area contributed by atoms with Crippen LogP contribution in [0, 0.1) is 0 Å². The minimum atomic E-state index is -0.771. The molecule has 2 N–H and O–H groups in total. The van der Waals surface area contributed by atoms with Crippen molar-refractivity contribution in [2.45, 2.75) is 31.8 Å². The van der Waals surface area contributed by atoms with Crippen LogP contribution in [0.25, 0.3) is 0 Å². The van der Waals surface area contributed by atoms with Gasteiger partial charge in [0.05, 0.1) is 13.4 Å². The molecule has 0 bridgehead atoms. The first-order valence-corrected chi connectivity index (χ1v) is 9.09. The van der Waals surface area contributed by atoms with Crippen LogP contribution in [0.3, 0.4) is 0 Å². The number of carbonyl (C=O) groups is 3. The predicted molar refractivity (Wildman–Crippen MR) is 102 cm³/mol. The maximum atomic E-state index is 12.8. The van der Waals surface area contributed by atoms with Gasteiger partial charge in [0.25, 0.3) is 5.91 Å². The molecule has 0 spiro atoms. The van der Waals surface area contributed by atoms with Gasteiger partial charge in [0.2, 0.25) is 11.8 Å². The summed E-state index contributed by atoms with van der Waals surface area (Å²) in [6.07, 6.45) is 2.69. The average Bonchev–Trinajstić information content (AvgIpc) is 3.39. The van der Waals surface area contributed by atoms with Crippen LogP contribution in [0.4, 0.5) is 5.69 Å². The molecule has 1 aromatic carbocycles. The van der Waals surface area contributed by atoms with Gasteiger partial charge in [-0.2, -0.15) is 0 Å². The molecule has 8 heteroatoms. The zero-order chi connectivity index (χ0) is 20.1. The molecule has 2 heterocycles. The fourth-order valence-electron chi connectivity index (χ4n) is 3.19. The van der Waals surface area contributed by atoms with Gasteiger partial charge >= 0.3 is 0 Å². The molecule has 0 saturated carbocycles. The van der Waals surface area contributed by atoms with Gasteiger partial charge in [0, 0.05) is 12.2 Å². The lowest BCUT2D eigenvalue weighted by atomic mass is 10.1. The van der Waals surface area contributed by atoms with Crippen molar-refractivity contribution in [2.24, 2.45) is 0 Å². The Morgan fingerprint density at radius 2 is 1.96 bits per heavy atom. The van der Waals surface area contributed by atoms with E-state index in [1.165, 1.54) is 17.2 Å². The lowest BCUT2D eigenvalue weighted by Crippen LogP contribution is -2.51. The second-order valence-corrected chi connectivity index (χ2v) is 6.58. The maximum Gasteiger partial charge on any atom is 0.287 e. The van der Waals surface area contributed by atoms with E-state index in [2.05, 4.69) is 10.6 Å². The highest BCUT2D eigenvalue weighted by Crippen LogP contribution is 2.21. The monoisotopic (exact) mass is 385 g/mol. The molecule has 1 saturated heterocycles. The predicted octanol–water partition coefficient (Wildman–Crippen LogP) is 2.04. The number of nitrogens with zero attached hydrogens (tertiary/aromatic N) is 1. The van der Waals surface area contributed by atoms with E-state index in [9.17, 15) is 14.4 Å². The summed E-state index contributed by atoms with van der Waals surface area (Å²) in [5.41, 5.74) is 0.629. The number of nitrogens with one attached hydrogen (secondary N) is 2. The summed E-state index contributed by atoms with van der Waals surface area (Å²) >= 11 is 0. The van der Waals surface area contributed by atoms with E-state index >= 15 is 0 Å². The van der Waals surface area contributed by atoms with Crippen LogP contribution in [0.1, 0.15) is 30.3 Å². The summed E-state index contributed by atoms with van der Waals surface area (Å²) in [5.74, 6) is -0.191. The summed E-state index contributed by atoms with van der Waals surface area (Å²) in [4.78, 5) is 39.1. The Hall–Kier alpha value is -3.29. The van der Waals surface area contributed by atoms with Crippen molar-refractivity contribution in [3.05, 3.63) is 48.4 Å². The number of hydrogen-bond acceptors (Lipinski definition) is 5. The number of rotatable bonds is 6. The van der Waals surface area contributed by atoms with Crippen molar-refractivity contribution in [3.63, 3.8) is 0 Å². The first-order valence-electron chi connectivity index (χ1n) is 9.09. The van der Waals surface area contributed by atoms with E-state index in [4.69, 9.17) is 9.15 Å². The molecule has 2 unspecified atom stereocenters. The van der Waals surface area contributed by atoms with Crippen LogP contribution in [-0.2, 0) is 9.59 Å². The molecule has 2 atom stereocenters. The number of benzene rings is 1. The molecule has 8 nitrogen and oxygen atoms in total.